The first-order valence-electron chi connectivity index (χ1n) is 9.51. The van der Waals surface area contributed by atoms with Crippen molar-refractivity contribution in [2.24, 2.45) is 0 Å². The Labute approximate surface area is 180 Å². The standard InChI is InChI=1S/C23H23ClN4O2/c1-3-13-27(14-4-2)22(29)16-28-20-8-6-5-7-19(20)26-21(28)15-25-23(30)17-9-11-18(24)12-10-17/h3-12H,1-2,13-16H2,(H,25,30). The molecule has 0 aliphatic carbocycles. The number of hydrogen-bond donors (Lipinski definition) is 1. The fraction of sp³-hybridized carbons (Fsp3) is 0.174. The maximum absolute atomic E-state index is 12.9. The zero-order valence-electron chi connectivity index (χ0n) is 16.6. The largest absolute Gasteiger partial charge is 0.345 e. The van der Waals surface area contributed by atoms with Crippen LogP contribution < -0.4 is 5.32 Å². The molecule has 1 N–H and O–H groups in total. The molecule has 0 unspecified atom stereocenters. The van der Waals surface area contributed by atoms with Crippen LogP contribution in [0.4, 0.5) is 0 Å². The van der Waals surface area contributed by atoms with Gasteiger partial charge >= 0.3 is 0 Å². The molecule has 3 rings (SSSR count). The molecule has 0 spiro atoms. The first kappa shape index (κ1) is 21.3. The van der Waals surface area contributed by atoms with Gasteiger partial charge in [0.05, 0.1) is 17.6 Å². The highest BCUT2D eigenvalue weighted by molar-refractivity contribution is 6.30. The maximum atomic E-state index is 12.9. The van der Waals surface area contributed by atoms with E-state index < -0.39 is 0 Å². The first-order valence-corrected chi connectivity index (χ1v) is 9.88. The Kier molecular flexibility index (Phi) is 7.03. The van der Waals surface area contributed by atoms with Crippen LogP contribution in [0.3, 0.4) is 0 Å². The van der Waals surface area contributed by atoms with Crippen molar-refractivity contribution in [1.29, 1.82) is 0 Å². The summed E-state index contributed by atoms with van der Waals surface area (Å²) in [5, 5.41) is 3.43. The van der Waals surface area contributed by atoms with E-state index in [0.717, 1.165) is 11.0 Å². The van der Waals surface area contributed by atoms with E-state index in [1.165, 1.54) is 0 Å². The number of benzene rings is 2. The second-order valence-electron chi connectivity index (χ2n) is 6.67. The van der Waals surface area contributed by atoms with Gasteiger partial charge in [0.2, 0.25) is 5.91 Å². The molecule has 0 atom stereocenters. The van der Waals surface area contributed by atoms with Crippen molar-refractivity contribution in [3.8, 4) is 0 Å². The minimum atomic E-state index is -0.239. The van der Waals surface area contributed by atoms with Crippen LogP contribution in [0.15, 0.2) is 73.8 Å². The molecule has 2 amide bonds. The number of amides is 2. The molecule has 1 aromatic heterocycles. The van der Waals surface area contributed by atoms with Crippen LogP contribution in [0, 0.1) is 0 Å². The molecule has 0 saturated carbocycles. The Bertz CT molecular complexity index is 1060. The number of para-hydroxylation sites is 2. The van der Waals surface area contributed by atoms with Crippen molar-refractivity contribution >= 4 is 34.4 Å². The quantitative estimate of drug-likeness (QED) is 0.533. The lowest BCUT2D eigenvalue weighted by atomic mass is 10.2. The molecule has 30 heavy (non-hydrogen) atoms. The molecule has 0 aliphatic rings. The summed E-state index contributed by atoms with van der Waals surface area (Å²) < 4.78 is 1.83. The molecule has 7 heteroatoms. The zero-order valence-corrected chi connectivity index (χ0v) is 17.3. The van der Waals surface area contributed by atoms with Crippen molar-refractivity contribution in [1.82, 2.24) is 19.8 Å². The third kappa shape index (κ3) is 4.96. The number of hydrogen-bond acceptors (Lipinski definition) is 3. The van der Waals surface area contributed by atoms with E-state index in [9.17, 15) is 9.59 Å². The van der Waals surface area contributed by atoms with Gasteiger partial charge in [-0.05, 0) is 36.4 Å². The van der Waals surface area contributed by atoms with Crippen molar-refractivity contribution in [3.63, 3.8) is 0 Å². The van der Waals surface area contributed by atoms with Gasteiger partial charge in [-0.1, -0.05) is 35.9 Å². The van der Waals surface area contributed by atoms with Crippen LogP contribution in [0.5, 0.6) is 0 Å². The van der Waals surface area contributed by atoms with Gasteiger partial charge in [0.15, 0.2) is 0 Å². The molecular weight excluding hydrogens is 400 g/mol. The van der Waals surface area contributed by atoms with E-state index in [1.807, 2.05) is 28.8 Å². The second-order valence-corrected chi connectivity index (χ2v) is 7.10. The first-order chi connectivity index (χ1) is 14.5. The highest BCUT2D eigenvalue weighted by Crippen LogP contribution is 2.17. The van der Waals surface area contributed by atoms with Gasteiger partial charge in [-0.15, -0.1) is 13.2 Å². The smallest absolute Gasteiger partial charge is 0.251 e. The average molecular weight is 423 g/mol. The predicted octanol–water partition coefficient (Wildman–Crippen LogP) is 3.82. The third-order valence-corrected chi connectivity index (χ3v) is 4.84. The van der Waals surface area contributed by atoms with Crippen molar-refractivity contribution in [2.45, 2.75) is 13.1 Å². The molecule has 6 nitrogen and oxygen atoms in total. The van der Waals surface area contributed by atoms with E-state index in [-0.39, 0.29) is 24.9 Å². The van der Waals surface area contributed by atoms with Gasteiger partial charge in [0.1, 0.15) is 12.4 Å². The molecule has 3 aromatic rings. The van der Waals surface area contributed by atoms with E-state index in [1.54, 1.807) is 41.3 Å². The number of aromatic nitrogens is 2. The van der Waals surface area contributed by atoms with Crippen molar-refractivity contribution < 1.29 is 9.59 Å². The SMILES string of the molecule is C=CCN(CC=C)C(=O)Cn1c(CNC(=O)c2ccc(Cl)cc2)nc2ccccc21. The summed E-state index contributed by atoms with van der Waals surface area (Å²) in [5.74, 6) is 0.281. The van der Waals surface area contributed by atoms with Gasteiger partial charge < -0.3 is 14.8 Å². The number of halogens is 1. The number of nitrogens with zero attached hydrogens (tertiary/aromatic N) is 3. The lowest BCUT2D eigenvalue weighted by molar-refractivity contribution is -0.130. The molecule has 0 radical (unpaired) electrons. The fourth-order valence-electron chi connectivity index (χ4n) is 3.12. The topological polar surface area (TPSA) is 67.2 Å². The summed E-state index contributed by atoms with van der Waals surface area (Å²) in [4.78, 5) is 31.6. The molecule has 0 fully saturated rings. The molecule has 0 saturated heterocycles. The van der Waals surface area contributed by atoms with Gasteiger partial charge in [-0.2, -0.15) is 0 Å². The third-order valence-electron chi connectivity index (χ3n) is 4.59. The van der Waals surface area contributed by atoms with Crippen molar-refractivity contribution in [3.05, 3.63) is 90.3 Å². The lowest BCUT2D eigenvalue weighted by Gasteiger charge is -2.20. The molecule has 154 valence electrons. The minimum Gasteiger partial charge on any atom is -0.345 e. The number of nitrogens with one attached hydrogen (secondary N) is 1. The summed E-state index contributed by atoms with van der Waals surface area (Å²) in [6.45, 7) is 8.57. The summed E-state index contributed by atoms with van der Waals surface area (Å²) in [6, 6.07) is 14.2. The van der Waals surface area contributed by atoms with Crippen molar-refractivity contribution in [2.75, 3.05) is 13.1 Å². The number of carbonyl (C=O) groups excluding carboxylic acids is 2. The van der Waals surface area contributed by atoms with Crippen LogP contribution in [-0.2, 0) is 17.9 Å². The van der Waals surface area contributed by atoms with Crippen LogP contribution in [0.25, 0.3) is 11.0 Å². The predicted molar refractivity (Wildman–Crippen MR) is 119 cm³/mol. The van der Waals surface area contributed by atoms with Gasteiger partial charge in [-0.25, -0.2) is 4.98 Å². The number of imidazole rings is 1. The Morgan fingerprint density at radius 2 is 1.73 bits per heavy atom. The van der Waals surface area contributed by atoms with Crippen LogP contribution in [0.1, 0.15) is 16.2 Å². The summed E-state index contributed by atoms with van der Waals surface area (Å²) in [5.41, 5.74) is 2.10. The monoisotopic (exact) mass is 422 g/mol. The van der Waals surface area contributed by atoms with Crippen LogP contribution >= 0.6 is 11.6 Å². The van der Waals surface area contributed by atoms with E-state index in [4.69, 9.17) is 11.6 Å². The summed E-state index contributed by atoms with van der Waals surface area (Å²) >= 11 is 5.88. The number of carbonyl (C=O) groups is 2. The molecule has 0 bridgehead atoms. The lowest BCUT2D eigenvalue weighted by Crippen LogP contribution is -2.35. The Hall–Kier alpha value is -3.38. The fourth-order valence-corrected chi connectivity index (χ4v) is 3.25. The Morgan fingerprint density at radius 3 is 2.40 bits per heavy atom. The Balaban J connectivity index is 1.83. The highest BCUT2D eigenvalue weighted by Gasteiger charge is 2.17. The molecule has 2 aromatic carbocycles. The second kappa shape index (κ2) is 9.89. The zero-order chi connectivity index (χ0) is 21.5. The van der Waals surface area contributed by atoms with E-state index in [0.29, 0.717) is 29.5 Å². The molecular formula is C23H23ClN4O2. The van der Waals surface area contributed by atoms with Gasteiger partial charge in [-0.3, -0.25) is 9.59 Å². The summed E-state index contributed by atoms with van der Waals surface area (Å²) in [7, 11) is 0. The summed E-state index contributed by atoms with van der Waals surface area (Å²) in [6.07, 6.45) is 3.36. The van der Waals surface area contributed by atoms with E-state index in [2.05, 4.69) is 23.5 Å². The van der Waals surface area contributed by atoms with Crippen LogP contribution in [-0.4, -0.2) is 39.4 Å². The normalized spacial score (nSPS) is 10.6. The van der Waals surface area contributed by atoms with E-state index >= 15 is 0 Å². The highest BCUT2D eigenvalue weighted by atomic mass is 35.5. The molecule has 0 aliphatic heterocycles. The van der Waals surface area contributed by atoms with Gasteiger partial charge in [0.25, 0.3) is 5.91 Å². The maximum Gasteiger partial charge on any atom is 0.251 e. The Morgan fingerprint density at radius 1 is 1.07 bits per heavy atom. The minimum absolute atomic E-state index is 0.0803. The number of fused-ring (bicyclic) bond motifs is 1. The molecule has 1 heterocycles. The van der Waals surface area contributed by atoms with Crippen LogP contribution in [0.2, 0.25) is 5.02 Å². The van der Waals surface area contributed by atoms with Gasteiger partial charge in [0, 0.05) is 23.7 Å². The average Bonchev–Trinajstić information content (AvgIpc) is 3.09. The number of rotatable bonds is 9.